The molecule has 0 aromatic rings. The zero-order chi connectivity index (χ0) is 36.0. The average molecular weight is 698 g/mol. The van der Waals surface area contributed by atoms with E-state index in [2.05, 4.69) is 78.8 Å². The maximum Gasteiger partial charge on any atom is 0.0644 e. The highest BCUT2D eigenvalue weighted by Crippen LogP contribution is 2.67. The first kappa shape index (κ1) is 42.1. The molecule has 0 heterocycles. The van der Waals surface area contributed by atoms with E-state index in [1.54, 1.807) is 5.57 Å². The number of hydrogen-bond acceptors (Lipinski definition) is 4. The minimum atomic E-state index is 0.312. The summed E-state index contributed by atoms with van der Waals surface area (Å²) in [6.45, 7) is 19.0. The normalized spacial score (nSPS) is 32.3. The second kappa shape index (κ2) is 21.3. The lowest BCUT2D eigenvalue weighted by Gasteiger charge is -2.58. The molecule has 9 atom stereocenters. The zero-order valence-corrected chi connectivity index (χ0v) is 34.5. The molecule has 3 saturated carbocycles. The molecule has 4 aliphatic rings. The van der Waals surface area contributed by atoms with Gasteiger partial charge in [-0.15, -0.1) is 0 Å². The van der Waals surface area contributed by atoms with Gasteiger partial charge < -0.3 is 19.1 Å². The fourth-order valence-corrected chi connectivity index (χ4v) is 11.2. The molecule has 50 heavy (non-hydrogen) atoms. The van der Waals surface area contributed by atoms with Crippen LogP contribution in [0.2, 0.25) is 0 Å². The molecule has 0 aromatic carbocycles. The van der Waals surface area contributed by atoms with E-state index in [4.69, 9.17) is 14.2 Å². The van der Waals surface area contributed by atoms with E-state index >= 15 is 0 Å². The van der Waals surface area contributed by atoms with E-state index < -0.39 is 0 Å². The standard InChI is InChI=1S/C46H83NO3/c1-9-10-11-12-13-14-15-16-30-48-34-39(47(7)8)35-49-31-17-18-32-50-40-26-28-45(5)38(33-40)22-23-41-43-25-24-42(37(4)21-19-20-36(2)3)46(43,6)29-27-44(41)45/h13-14,22,36-37,39-44H,9-12,15-21,23-35H2,1-8H3/b14-13-/t37-,39-,40+,41+,42?,43+,44+,45+,46-/m1/s1. The molecule has 0 spiro atoms. The lowest BCUT2D eigenvalue weighted by Crippen LogP contribution is -2.51. The van der Waals surface area contributed by atoms with Gasteiger partial charge in [0.15, 0.2) is 0 Å². The van der Waals surface area contributed by atoms with Crippen LogP contribution >= 0.6 is 0 Å². The molecule has 4 rings (SSSR count). The summed E-state index contributed by atoms with van der Waals surface area (Å²) >= 11 is 0. The molecule has 1 unspecified atom stereocenters. The topological polar surface area (TPSA) is 30.9 Å². The summed E-state index contributed by atoms with van der Waals surface area (Å²) in [6, 6.07) is 0.312. The molecule has 4 nitrogen and oxygen atoms in total. The van der Waals surface area contributed by atoms with Gasteiger partial charge >= 0.3 is 0 Å². The van der Waals surface area contributed by atoms with Crippen LogP contribution in [0.3, 0.4) is 0 Å². The Balaban J connectivity index is 1.10. The first-order valence-corrected chi connectivity index (χ1v) is 21.9. The highest BCUT2D eigenvalue weighted by Gasteiger charge is 2.59. The van der Waals surface area contributed by atoms with Crippen molar-refractivity contribution in [1.29, 1.82) is 0 Å². The molecule has 4 aliphatic carbocycles. The van der Waals surface area contributed by atoms with Gasteiger partial charge in [0.05, 0.1) is 25.4 Å². The van der Waals surface area contributed by atoms with Gasteiger partial charge in [-0.2, -0.15) is 0 Å². The molecule has 4 heteroatoms. The van der Waals surface area contributed by atoms with Crippen LogP contribution < -0.4 is 0 Å². The zero-order valence-electron chi connectivity index (χ0n) is 34.5. The second-order valence-electron chi connectivity index (χ2n) is 18.6. The van der Waals surface area contributed by atoms with Gasteiger partial charge in [0, 0.05) is 19.8 Å². The van der Waals surface area contributed by atoms with Crippen molar-refractivity contribution < 1.29 is 14.2 Å². The highest BCUT2D eigenvalue weighted by atomic mass is 16.5. The van der Waals surface area contributed by atoms with Crippen LogP contribution in [0.4, 0.5) is 0 Å². The average Bonchev–Trinajstić information content (AvgIpc) is 3.44. The van der Waals surface area contributed by atoms with Crippen molar-refractivity contribution in [1.82, 2.24) is 4.90 Å². The van der Waals surface area contributed by atoms with Crippen LogP contribution in [-0.2, 0) is 14.2 Å². The minimum absolute atomic E-state index is 0.312. The van der Waals surface area contributed by atoms with Crippen LogP contribution in [0.5, 0.6) is 0 Å². The van der Waals surface area contributed by atoms with Gasteiger partial charge in [-0.05, 0) is 150 Å². The number of likely N-dealkylation sites (N-methyl/N-ethyl adjacent to an activating group) is 1. The monoisotopic (exact) mass is 698 g/mol. The maximum atomic E-state index is 6.54. The minimum Gasteiger partial charge on any atom is -0.380 e. The quantitative estimate of drug-likeness (QED) is 0.0742. The van der Waals surface area contributed by atoms with Crippen molar-refractivity contribution in [2.75, 3.05) is 47.1 Å². The summed E-state index contributed by atoms with van der Waals surface area (Å²) in [5.41, 5.74) is 2.75. The van der Waals surface area contributed by atoms with Crippen LogP contribution in [-0.4, -0.2) is 64.2 Å². The van der Waals surface area contributed by atoms with Crippen molar-refractivity contribution in [3.8, 4) is 0 Å². The van der Waals surface area contributed by atoms with Gasteiger partial charge in [-0.1, -0.05) is 97.4 Å². The van der Waals surface area contributed by atoms with Gasteiger partial charge in [0.2, 0.25) is 0 Å². The van der Waals surface area contributed by atoms with Crippen molar-refractivity contribution in [3.63, 3.8) is 0 Å². The lowest BCUT2D eigenvalue weighted by molar-refractivity contribution is -0.0643. The Morgan fingerprint density at radius 2 is 1.52 bits per heavy atom. The summed E-state index contributed by atoms with van der Waals surface area (Å²) in [6.07, 6.45) is 32.6. The number of hydrogen-bond donors (Lipinski definition) is 0. The molecule has 0 radical (unpaired) electrons. The Labute approximate surface area is 311 Å². The number of rotatable bonds is 24. The van der Waals surface area contributed by atoms with Gasteiger partial charge in [-0.3, -0.25) is 0 Å². The Bertz CT molecular complexity index is 1010. The molecule has 0 aromatic heterocycles. The van der Waals surface area contributed by atoms with Gasteiger partial charge in [0.25, 0.3) is 0 Å². The lowest BCUT2D eigenvalue weighted by atomic mass is 9.47. The highest BCUT2D eigenvalue weighted by molar-refractivity contribution is 5.25. The van der Waals surface area contributed by atoms with Gasteiger partial charge in [0.1, 0.15) is 0 Å². The number of unbranched alkanes of at least 4 members (excludes halogenated alkanes) is 5. The number of allylic oxidation sites excluding steroid dienone is 3. The molecular formula is C46H83NO3. The first-order valence-electron chi connectivity index (χ1n) is 21.9. The summed E-state index contributed by atoms with van der Waals surface area (Å²) in [4.78, 5) is 2.24. The van der Waals surface area contributed by atoms with E-state index in [0.29, 0.717) is 23.0 Å². The van der Waals surface area contributed by atoms with Crippen molar-refractivity contribution in [3.05, 3.63) is 23.8 Å². The third kappa shape index (κ3) is 11.7. The molecule has 0 bridgehead atoms. The number of fused-ring (bicyclic) bond motifs is 5. The Morgan fingerprint density at radius 3 is 2.24 bits per heavy atom. The fourth-order valence-electron chi connectivity index (χ4n) is 11.2. The largest absolute Gasteiger partial charge is 0.380 e. The predicted octanol–water partition coefficient (Wildman–Crippen LogP) is 12.1. The molecule has 3 fully saturated rings. The molecule has 0 amide bonds. The SMILES string of the molecule is CCCCC/C=C\CCCOC[C@H](COCCCCO[C@H]1CC[C@@]2(C)C(=CC[C@@H]3[C@@H]2CC[C@]2(C)C([C@H](C)CCCC(C)C)CC[C@@H]32)C1)N(C)C. The Morgan fingerprint density at radius 1 is 0.800 bits per heavy atom. The van der Waals surface area contributed by atoms with Crippen LogP contribution in [0.1, 0.15) is 164 Å². The van der Waals surface area contributed by atoms with E-state index in [0.717, 1.165) is 94.2 Å². The Kier molecular flexibility index (Phi) is 17.9. The van der Waals surface area contributed by atoms with E-state index in [-0.39, 0.29) is 0 Å². The molecule has 0 aliphatic heterocycles. The number of ether oxygens (including phenoxy) is 3. The molecular weight excluding hydrogens is 615 g/mol. The summed E-state index contributed by atoms with van der Waals surface area (Å²) in [5, 5.41) is 0. The second-order valence-corrected chi connectivity index (χ2v) is 18.6. The van der Waals surface area contributed by atoms with Gasteiger partial charge in [-0.25, -0.2) is 0 Å². The summed E-state index contributed by atoms with van der Waals surface area (Å²) in [5.74, 6) is 5.45. The third-order valence-corrected chi connectivity index (χ3v) is 14.4. The molecule has 0 N–H and O–H groups in total. The van der Waals surface area contributed by atoms with E-state index in [1.807, 2.05) is 0 Å². The molecule has 0 saturated heterocycles. The fraction of sp³-hybridized carbons (Fsp3) is 0.913. The van der Waals surface area contributed by atoms with Crippen LogP contribution in [0.15, 0.2) is 23.8 Å². The smallest absolute Gasteiger partial charge is 0.0644 e. The van der Waals surface area contributed by atoms with Crippen LogP contribution in [0.25, 0.3) is 0 Å². The van der Waals surface area contributed by atoms with Crippen molar-refractivity contribution >= 4 is 0 Å². The Hall–Kier alpha value is -0.680. The van der Waals surface area contributed by atoms with E-state index in [9.17, 15) is 0 Å². The van der Waals surface area contributed by atoms with Crippen LogP contribution in [0, 0.1) is 46.3 Å². The van der Waals surface area contributed by atoms with E-state index in [1.165, 1.54) is 96.3 Å². The summed E-state index contributed by atoms with van der Waals surface area (Å²) in [7, 11) is 4.27. The predicted molar refractivity (Wildman–Crippen MR) is 214 cm³/mol. The van der Waals surface area contributed by atoms with Crippen molar-refractivity contribution in [2.24, 2.45) is 46.3 Å². The first-order chi connectivity index (χ1) is 24.1. The van der Waals surface area contributed by atoms with Crippen molar-refractivity contribution in [2.45, 2.75) is 176 Å². The maximum absolute atomic E-state index is 6.54. The summed E-state index contributed by atoms with van der Waals surface area (Å²) < 4.78 is 18.7. The molecule has 290 valence electrons. The third-order valence-electron chi connectivity index (χ3n) is 14.4. The number of nitrogens with zero attached hydrogens (tertiary/aromatic N) is 1.